The van der Waals surface area contributed by atoms with Crippen LogP contribution in [-0.4, -0.2) is 15.0 Å². The molecule has 5 nitrogen and oxygen atoms in total. The van der Waals surface area contributed by atoms with E-state index in [0.29, 0.717) is 0 Å². The molecule has 1 aromatic carbocycles. The molecule has 0 aliphatic carbocycles. The zero-order valence-corrected chi connectivity index (χ0v) is 9.14. The van der Waals surface area contributed by atoms with Crippen molar-refractivity contribution in [1.82, 2.24) is 15.0 Å². The Kier molecular flexibility index (Phi) is 2.39. The number of rotatable bonds is 1. The molecule has 2 rings (SSSR count). The first kappa shape index (κ1) is 9.68. The molecular weight excluding hydrogens is 258 g/mol. The zero-order chi connectivity index (χ0) is 10.8. The Labute approximate surface area is 94.2 Å². The molecule has 1 heterocycles. The van der Waals surface area contributed by atoms with Gasteiger partial charge < -0.3 is 5.73 Å². The molecule has 0 fully saturated rings. The molecule has 2 N–H and O–H groups in total. The number of nitrogens with two attached hydrogens (primary N) is 1. The number of nitriles is 1. The molecule has 0 aliphatic heterocycles. The fourth-order valence-corrected chi connectivity index (χ4v) is 1.41. The molecule has 0 saturated carbocycles. The van der Waals surface area contributed by atoms with E-state index in [1.165, 1.54) is 4.68 Å². The topological polar surface area (TPSA) is 80.5 Å². The van der Waals surface area contributed by atoms with E-state index >= 15 is 0 Å². The number of nitrogens with zero attached hydrogens (tertiary/aromatic N) is 4. The average Bonchev–Trinajstić information content (AvgIpc) is 2.61. The molecule has 2 aromatic rings. The molecule has 74 valence electrons. The van der Waals surface area contributed by atoms with Gasteiger partial charge in [0.1, 0.15) is 6.07 Å². The minimum atomic E-state index is 0.137. The molecule has 0 bridgehead atoms. The molecule has 6 heteroatoms. The molecule has 0 amide bonds. The van der Waals surface area contributed by atoms with E-state index in [1.54, 1.807) is 0 Å². The summed E-state index contributed by atoms with van der Waals surface area (Å²) in [5, 5.41) is 16.1. The lowest BCUT2D eigenvalue weighted by atomic mass is 10.3. The fourth-order valence-electron chi connectivity index (χ4n) is 1.14. The second-order valence-electron chi connectivity index (χ2n) is 2.82. The summed E-state index contributed by atoms with van der Waals surface area (Å²) in [7, 11) is 0. The van der Waals surface area contributed by atoms with Gasteiger partial charge in [-0.3, -0.25) is 0 Å². The average molecular weight is 264 g/mol. The number of anilines is 1. The highest BCUT2D eigenvalue weighted by Gasteiger charge is 2.09. The Hall–Kier alpha value is -1.87. The van der Waals surface area contributed by atoms with Gasteiger partial charge in [0.25, 0.3) is 0 Å². The van der Waals surface area contributed by atoms with Gasteiger partial charge in [0.2, 0.25) is 5.69 Å². The maximum atomic E-state index is 8.67. The maximum absolute atomic E-state index is 8.67. The second kappa shape index (κ2) is 3.71. The number of benzene rings is 1. The number of hydrogen-bond donors (Lipinski definition) is 1. The second-order valence-corrected chi connectivity index (χ2v) is 3.74. The predicted octanol–water partition coefficient (Wildman–Crippen LogP) is 1.48. The Morgan fingerprint density at radius 3 is 2.53 bits per heavy atom. The Morgan fingerprint density at radius 1 is 1.33 bits per heavy atom. The van der Waals surface area contributed by atoms with Crippen molar-refractivity contribution in [2.45, 2.75) is 0 Å². The van der Waals surface area contributed by atoms with Gasteiger partial charge in [0.15, 0.2) is 5.82 Å². The molecule has 15 heavy (non-hydrogen) atoms. The summed E-state index contributed by atoms with van der Waals surface area (Å²) >= 11 is 3.33. The highest BCUT2D eigenvalue weighted by Crippen LogP contribution is 2.17. The summed E-state index contributed by atoms with van der Waals surface area (Å²) in [4.78, 5) is 0. The third-order valence-corrected chi connectivity index (χ3v) is 2.41. The molecule has 0 aliphatic rings. The van der Waals surface area contributed by atoms with Gasteiger partial charge in [0.05, 0.1) is 5.69 Å². The van der Waals surface area contributed by atoms with Crippen LogP contribution in [0, 0.1) is 11.3 Å². The Bertz CT molecular complexity index is 522. The van der Waals surface area contributed by atoms with E-state index in [-0.39, 0.29) is 11.5 Å². The van der Waals surface area contributed by atoms with Crippen molar-refractivity contribution < 1.29 is 0 Å². The summed E-state index contributed by atoms with van der Waals surface area (Å²) in [5.74, 6) is 0.250. The number of hydrogen-bond acceptors (Lipinski definition) is 4. The standard InChI is InChI=1S/C9H6BrN5/c10-6-1-3-7(4-2-6)15-9(12)8(5-11)13-14-15/h1-4H,12H2. The van der Waals surface area contributed by atoms with Crippen LogP contribution in [-0.2, 0) is 0 Å². The minimum Gasteiger partial charge on any atom is -0.381 e. The van der Waals surface area contributed by atoms with Crippen LogP contribution in [0.3, 0.4) is 0 Å². The van der Waals surface area contributed by atoms with Crippen LogP contribution < -0.4 is 5.73 Å². The minimum absolute atomic E-state index is 0.137. The van der Waals surface area contributed by atoms with Crippen molar-refractivity contribution in [3.05, 3.63) is 34.4 Å². The van der Waals surface area contributed by atoms with Crippen molar-refractivity contribution >= 4 is 21.7 Å². The first-order valence-corrected chi connectivity index (χ1v) is 4.89. The number of aromatic nitrogens is 3. The van der Waals surface area contributed by atoms with Gasteiger partial charge in [-0.05, 0) is 24.3 Å². The lowest BCUT2D eigenvalue weighted by Gasteiger charge is -2.01. The monoisotopic (exact) mass is 263 g/mol. The van der Waals surface area contributed by atoms with Gasteiger partial charge >= 0.3 is 0 Å². The van der Waals surface area contributed by atoms with Crippen LogP contribution in [0.1, 0.15) is 5.69 Å². The van der Waals surface area contributed by atoms with Gasteiger partial charge in [-0.15, -0.1) is 5.10 Å². The lowest BCUT2D eigenvalue weighted by Crippen LogP contribution is -2.02. The quantitative estimate of drug-likeness (QED) is 0.845. The van der Waals surface area contributed by atoms with E-state index in [4.69, 9.17) is 11.0 Å². The van der Waals surface area contributed by atoms with Crippen molar-refractivity contribution in [2.75, 3.05) is 5.73 Å². The lowest BCUT2D eigenvalue weighted by molar-refractivity contribution is 0.808. The summed E-state index contributed by atoms with van der Waals surface area (Å²) < 4.78 is 2.38. The van der Waals surface area contributed by atoms with E-state index in [0.717, 1.165) is 10.2 Å². The first-order valence-electron chi connectivity index (χ1n) is 4.09. The van der Waals surface area contributed by atoms with Crippen LogP contribution in [0.2, 0.25) is 0 Å². The van der Waals surface area contributed by atoms with Gasteiger partial charge in [-0.1, -0.05) is 21.1 Å². The van der Waals surface area contributed by atoms with Crippen LogP contribution in [0.4, 0.5) is 5.82 Å². The molecule has 0 spiro atoms. The summed E-state index contributed by atoms with van der Waals surface area (Å²) in [6, 6.07) is 9.25. The number of halogens is 1. The van der Waals surface area contributed by atoms with E-state index in [9.17, 15) is 0 Å². The largest absolute Gasteiger partial charge is 0.381 e. The SMILES string of the molecule is N#Cc1nnn(-c2ccc(Br)cc2)c1N. The molecular formula is C9H6BrN5. The molecule has 0 unspecified atom stereocenters. The highest BCUT2D eigenvalue weighted by atomic mass is 79.9. The van der Waals surface area contributed by atoms with E-state index < -0.39 is 0 Å². The fraction of sp³-hybridized carbons (Fsp3) is 0. The van der Waals surface area contributed by atoms with Crippen molar-refractivity contribution in [3.8, 4) is 11.8 Å². The third-order valence-electron chi connectivity index (χ3n) is 1.88. The predicted molar refractivity (Wildman–Crippen MR) is 58.2 cm³/mol. The summed E-state index contributed by atoms with van der Waals surface area (Å²) in [5.41, 5.74) is 6.59. The summed E-state index contributed by atoms with van der Waals surface area (Å²) in [6.45, 7) is 0. The normalized spacial score (nSPS) is 9.87. The van der Waals surface area contributed by atoms with Crippen molar-refractivity contribution in [1.29, 1.82) is 5.26 Å². The van der Waals surface area contributed by atoms with Crippen molar-refractivity contribution in [2.24, 2.45) is 0 Å². The van der Waals surface area contributed by atoms with Gasteiger partial charge in [-0.25, -0.2) is 0 Å². The number of nitrogen functional groups attached to an aromatic ring is 1. The maximum Gasteiger partial charge on any atom is 0.206 e. The summed E-state index contributed by atoms with van der Waals surface area (Å²) in [6.07, 6.45) is 0. The third kappa shape index (κ3) is 1.69. The first-order chi connectivity index (χ1) is 7.22. The molecule has 1 aromatic heterocycles. The van der Waals surface area contributed by atoms with Crippen LogP contribution in [0.5, 0.6) is 0 Å². The zero-order valence-electron chi connectivity index (χ0n) is 7.55. The van der Waals surface area contributed by atoms with Gasteiger partial charge in [-0.2, -0.15) is 9.94 Å². The molecule has 0 atom stereocenters. The van der Waals surface area contributed by atoms with Crippen LogP contribution in [0.15, 0.2) is 28.7 Å². The molecule has 0 saturated heterocycles. The van der Waals surface area contributed by atoms with E-state index in [2.05, 4.69) is 26.2 Å². The van der Waals surface area contributed by atoms with E-state index in [1.807, 2.05) is 30.3 Å². The van der Waals surface area contributed by atoms with Gasteiger partial charge in [0, 0.05) is 4.47 Å². The highest BCUT2D eigenvalue weighted by molar-refractivity contribution is 9.10. The van der Waals surface area contributed by atoms with Crippen molar-refractivity contribution in [3.63, 3.8) is 0 Å². The molecule has 0 radical (unpaired) electrons. The van der Waals surface area contributed by atoms with Crippen LogP contribution in [0.25, 0.3) is 5.69 Å². The van der Waals surface area contributed by atoms with Crippen LogP contribution >= 0.6 is 15.9 Å². The Morgan fingerprint density at radius 2 is 2.00 bits per heavy atom. The Balaban J connectivity index is 2.51. The smallest absolute Gasteiger partial charge is 0.206 e.